The van der Waals surface area contributed by atoms with Crippen molar-refractivity contribution in [2.24, 2.45) is 0 Å². The van der Waals surface area contributed by atoms with Crippen LogP contribution in [0.4, 0.5) is 10.1 Å². The highest BCUT2D eigenvalue weighted by Crippen LogP contribution is 2.28. The van der Waals surface area contributed by atoms with Crippen LogP contribution in [0, 0.1) is 5.82 Å². The molecule has 1 amide bonds. The molecule has 0 N–H and O–H groups in total. The lowest BCUT2D eigenvalue weighted by Gasteiger charge is -2.47. The minimum atomic E-state index is -0.278. The second kappa shape index (κ2) is 7.61. The van der Waals surface area contributed by atoms with Crippen LogP contribution in [0.15, 0.2) is 18.2 Å². The molecule has 2 rings (SSSR count). The molecule has 0 radical (unpaired) electrons. The fourth-order valence-electron chi connectivity index (χ4n) is 2.97. The van der Waals surface area contributed by atoms with Crippen molar-refractivity contribution in [3.05, 3.63) is 29.6 Å². The largest absolute Gasteiger partial charge is 0.365 e. The van der Waals surface area contributed by atoms with Gasteiger partial charge in [0, 0.05) is 26.6 Å². The van der Waals surface area contributed by atoms with Crippen LogP contribution in [0.3, 0.4) is 0 Å². The first-order valence-electron chi connectivity index (χ1n) is 8.16. The van der Waals surface area contributed by atoms with Gasteiger partial charge in [0.15, 0.2) is 0 Å². The summed E-state index contributed by atoms with van der Waals surface area (Å²) >= 11 is 0. The van der Waals surface area contributed by atoms with E-state index in [1.165, 1.54) is 0 Å². The van der Waals surface area contributed by atoms with E-state index in [0.717, 1.165) is 12.0 Å². The van der Waals surface area contributed by atoms with Gasteiger partial charge in [0.1, 0.15) is 5.82 Å². The van der Waals surface area contributed by atoms with Crippen LogP contribution < -0.4 is 4.90 Å². The van der Waals surface area contributed by atoms with Crippen LogP contribution in [0.2, 0.25) is 0 Å². The van der Waals surface area contributed by atoms with Crippen LogP contribution in [-0.2, 0) is 11.2 Å². The molecule has 3 nitrogen and oxygen atoms in total. The SMILES string of the molecule is CC.CCc1ccc(N2CCN(C(C)=O)C(C)(C)C2)c(F)c1. The Hall–Kier alpha value is -1.58. The Morgan fingerprint density at radius 1 is 1.27 bits per heavy atom. The highest BCUT2D eigenvalue weighted by molar-refractivity contribution is 5.74. The Bertz CT molecular complexity index is 514. The quantitative estimate of drug-likeness (QED) is 0.828. The van der Waals surface area contributed by atoms with Gasteiger partial charge in [-0.15, -0.1) is 0 Å². The topological polar surface area (TPSA) is 23.6 Å². The Kier molecular flexibility index (Phi) is 6.39. The molecule has 1 aromatic carbocycles. The zero-order chi connectivity index (χ0) is 16.9. The molecule has 1 fully saturated rings. The Labute approximate surface area is 134 Å². The third-order valence-electron chi connectivity index (χ3n) is 4.04. The lowest BCUT2D eigenvalue weighted by Crippen LogP contribution is -2.60. The van der Waals surface area contributed by atoms with E-state index in [0.29, 0.717) is 25.3 Å². The molecule has 1 saturated heterocycles. The van der Waals surface area contributed by atoms with Crippen molar-refractivity contribution in [1.29, 1.82) is 0 Å². The molecule has 0 aromatic heterocycles. The number of carbonyl (C=O) groups excluding carboxylic acids is 1. The van der Waals surface area contributed by atoms with E-state index >= 15 is 0 Å². The van der Waals surface area contributed by atoms with Crippen LogP contribution in [0.25, 0.3) is 0 Å². The summed E-state index contributed by atoms with van der Waals surface area (Å²) in [6.45, 7) is 13.6. The third kappa shape index (κ3) is 3.99. The Morgan fingerprint density at radius 3 is 2.36 bits per heavy atom. The highest BCUT2D eigenvalue weighted by Gasteiger charge is 2.35. The molecule has 124 valence electrons. The van der Waals surface area contributed by atoms with Crippen molar-refractivity contribution in [2.45, 2.75) is 53.5 Å². The van der Waals surface area contributed by atoms with E-state index in [-0.39, 0.29) is 17.3 Å². The second-order valence-corrected chi connectivity index (χ2v) is 6.04. The maximum atomic E-state index is 14.2. The van der Waals surface area contributed by atoms with Gasteiger partial charge in [0.25, 0.3) is 0 Å². The number of hydrogen-bond donors (Lipinski definition) is 0. The number of carbonyl (C=O) groups is 1. The van der Waals surface area contributed by atoms with E-state index in [1.807, 2.05) is 56.6 Å². The van der Waals surface area contributed by atoms with Gasteiger partial charge in [-0.2, -0.15) is 0 Å². The first-order valence-corrected chi connectivity index (χ1v) is 8.16. The highest BCUT2D eigenvalue weighted by atomic mass is 19.1. The minimum Gasteiger partial charge on any atom is -0.365 e. The van der Waals surface area contributed by atoms with E-state index in [4.69, 9.17) is 0 Å². The summed E-state index contributed by atoms with van der Waals surface area (Å²) in [6, 6.07) is 5.44. The zero-order valence-corrected chi connectivity index (χ0v) is 14.7. The average Bonchev–Trinajstić information content (AvgIpc) is 2.47. The Balaban J connectivity index is 0.00000116. The predicted octanol–water partition coefficient (Wildman–Crippen LogP) is 3.86. The van der Waals surface area contributed by atoms with Gasteiger partial charge < -0.3 is 9.80 Å². The molecule has 1 aliphatic rings. The molecule has 0 spiro atoms. The summed E-state index contributed by atoms with van der Waals surface area (Å²) in [6.07, 6.45) is 0.834. The summed E-state index contributed by atoms with van der Waals surface area (Å²) in [5.74, 6) is -0.0899. The summed E-state index contributed by atoms with van der Waals surface area (Å²) in [5, 5.41) is 0. The van der Waals surface area contributed by atoms with Crippen molar-refractivity contribution < 1.29 is 9.18 Å². The summed E-state index contributed by atoms with van der Waals surface area (Å²) in [4.78, 5) is 15.5. The molecule has 1 aliphatic heterocycles. The first kappa shape index (κ1) is 18.5. The monoisotopic (exact) mass is 308 g/mol. The standard InChI is InChI=1S/C16H23FN2O.C2H6/c1-5-13-6-7-15(14(17)10-13)18-8-9-19(12(2)20)16(3,4)11-18;1-2/h6-7,10H,5,8-9,11H2,1-4H3;1-2H3. The molecule has 1 aromatic rings. The van der Waals surface area contributed by atoms with Gasteiger partial charge >= 0.3 is 0 Å². The molecule has 0 atom stereocenters. The summed E-state index contributed by atoms with van der Waals surface area (Å²) in [7, 11) is 0. The van der Waals surface area contributed by atoms with Crippen LogP contribution in [0.5, 0.6) is 0 Å². The number of hydrogen-bond acceptors (Lipinski definition) is 2. The van der Waals surface area contributed by atoms with Gasteiger partial charge in [0.2, 0.25) is 5.91 Å². The maximum Gasteiger partial charge on any atom is 0.220 e. The lowest BCUT2D eigenvalue weighted by molar-refractivity contribution is -0.134. The number of aryl methyl sites for hydroxylation is 1. The van der Waals surface area contributed by atoms with Gasteiger partial charge in [-0.1, -0.05) is 26.8 Å². The number of piperazine rings is 1. The normalized spacial score (nSPS) is 16.9. The number of anilines is 1. The zero-order valence-electron chi connectivity index (χ0n) is 14.7. The molecule has 4 heteroatoms. The molecule has 0 saturated carbocycles. The van der Waals surface area contributed by atoms with E-state index in [9.17, 15) is 9.18 Å². The van der Waals surface area contributed by atoms with E-state index in [1.54, 1.807) is 13.0 Å². The van der Waals surface area contributed by atoms with Crippen LogP contribution in [-0.4, -0.2) is 36.0 Å². The lowest BCUT2D eigenvalue weighted by atomic mass is 9.98. The van der Waals surface area contributed by atoms with E-state index < -0.39 is 0 Å². The number of nitrogens with zero attached hydrogens (tertiary/aromatic N) is 2. The molecule has 0 bridgehead atoms. The average molecular weight is 308 g/mol. The van der Waals surface area contributed by atoms with Crippen molar-refractivity contribution >= 4 is 11.6 Å². The fraction of sp³-hybridized carbons (Fsp3) is 0.611. The molecule has 22 heavy (non-hydrogen) atoms. The van der Waals surface area contributed by atoms with Crippen molar-refractivity contribution in [2.75, 3.05) is 24.5 Å². The first-order chi connectivity index (χ1) is 10.3. The van der Waals surface area contributed by atoms with Gasteiger partial charge in [-0.25, -0.2) is 4.39 Å². The molecular formula is C18H29FN2O. The van der Waals surface area contributed by atoms with Gasteiger partial charge in [-0.3, -0.25) is 4.79 Å². The molecule has 0 unspecified atom stereocenters. The number of halogens is 1. The number of rotatable bonds is 2. The van der Waals surface area contributed by atoms with Crippen LogP contribution >= 0.6 is 0 Å². The van der Waals surface area contributed by atoms with E-state index in [2.05, 4.69) is 0 Å². The molecule has 1 heterocycles. The smallest absolute Gasteiger partial charge is 0.220 e. The second-order valence-electron chi connectivity index (χ2n) is 6.04. The van der Waals surface area contributed by atoms with Crippen molar-refractivity contribution in [3.8, 4) is 0 Å². The fourth-order valence-corrected chi connectivity index (χ4v) is 2.97. The van der Waals surface area contributed by atoms with Crippen molar-refractivity contribution in [1.82, 2.24) is 4.90 Å². The third-order valence-corrected chi connectivity index (χ3v) is 4.04. The van der Waals surface area contributed by atoms with Gasteiger partial charge in [0.05, 0.1) is 11.2 Å². The summed E-state index contributed by atoms with van der Waals surface area (Å²) < 4.78 is 14.2. The van der Waals surface area contributed by atoms with Gasteiger partial charge in [-0.05, 0) is 38.0 Å². The minimum absolute atomic E-state index is 0.0800. The number of benzene rings is 1. The summed E-state index contributed by atoms with van der Waals surface area (Å²) in [5.41, 5.74) is 1.37. The number of amides is 1. The molecule has 0 aliphatic carbocycles. The van der Waals surface area contributed by atoms with Crippen molar-refractivity contribution in [3.63, 3.8) is 0 Å². The Morgan fingerprint density at radius 2 is 1.91 bits per heavy atom. The maximum absolute atomic E-state index is 14.2. The predicted molar refractivity (Wildman–Crippen MR) is 90.8 cm³/mol. The van der Waals surface area contributed by atoms with Crippen LogP contribution in [0.1, 0.15) is 47.1 Å². The molecular weight excluding hydrogens is 279 g/mol.